The van der Waals surface area contributed by atoms with Crippen molar-refractivity contribution in [3.8, 4) is 0 Å². The van der Waals surface area contributed by atoms with Crippen LogP contribution in [-0.4, -0.2) is 23.3 Å². The Morgan fingerprint density at radius 3 is 2.43 bits per heavy atom. The van der Waals surface area contributed by atoms with Crippen LogP contribution in [0.2, 0.25) is 0 Å². The van der Waals surface area contributed by atoms with Crippen LogP contribution in [0, 0.1) is 16.0 Å². The number of ether oxygens (including phenoxy) is 1. The summed E-state index contributed by atoms with van der Waals surface area (Å²) in [6, 6.07) is 5.78. The maximum Gasteiger partial charge on any atom is 0.325 e. The molecule has 0 radical (unpaired) electrons. The molecule has 0 heterocycles. The van der Waals surface area contributed by atoms with Gasteiger partial charge in [-0.15, -0.1) is 0 Å². The lowest BCUT2D eigenvalue weighted by molar-refractivity contribution is -0.384. The summed E-state index contributed by atoms with van der Waals surface area (Å²) in [5.41, 5.74) is 0.641. The Bertz CT molecular complexity index is 564. The highest BCUT2D eigenvalue weighted by atomic mass is 16.6. The van der Waals surface area contributed by atoms with Crippen molar-refractivity contribution in [2.24, 2.45) is 5.92 Å². The average Bonchev–Trinajstić information content (AvgIpc) is 2.59. The predicted molar refractivity (Wildman–Crippen MR) is 82.5 cm³/mol. The van der Waals surface area contributed by atoms with Crippen LogP contribution in [0.4, 0.5) is 5.69 Å². The molecule has 0 aliphatic heterocycles. The van der Waals surface area contributed by atoms with E-state index < -0.39 is 10.9 Å². The molecule has 124 valence electrons. The van der Waals surface area contributed by atoms with Crippen molar-refractivity contribution in [3.05, 3.63) is 39.9 Å². The number of benzene rings is 1. The van der Waals surface area contributed by atoms with Gasteiger partial charge < -0.3 is 10.1 Å². The smallest absolute Gasteiger partial charge is 0.325 e. The summed E-state index contributed by atoms with van der Waals surface area (Å²) in [5.74, 6) is -0.601. The van der Waals surface area contributed by atoms with E-state index in [-0.39, 0.29) is 30.7 Å². The van der Waals surface area contributed by atoms with Crippen molar-refractivity contribution >= 4 is 17.6 Å². The number of hydrogen-bond acceptors (Lipinski definition) is 5. The van der Waals surface area contributed by atoms with Crippen molar-refractivity contribution in [2.75, 3.05) is 6.54 Å². The molecule has 0 bridgehead atoms. The molecule has 7 heteroatoms. The van der Waals surface area contributed by atoms with Gasteiger partial charge in [-0.25, -0.2) is 0 Å². The Balaban J connectivity index is 1.70. The van der Waals surface area contributed by atoms with Gasteiger partial charge in [-0.2, -0.15) is 0 Å². The number of carbonyl (C=O) groups is 2. The molecule has 1 saturated carbocycles. The first kappa shape index (κ1) is 16.9. The van der Waals surface area contributed by atoms with Crippen LogP contribution >= 0.6 is 0 Å². The Hall–Kier alpha value is -2.44. The van der Waals surface area contributed by atoms with Crippen LogP contribution in [0.5, 0.6) is 0 Å². The minimum absolute atomic E-state index is 0.00576. The maximum absolute atomic E-state index is 11.9. The van der Waals surface area contributed by atoms with Crippen LogP contribution in [0.25, 0.3) is 0 Å². The predicted octanol–water partition coefficient (Wildman–Crippen LogP) is 2.33. The zero-order chi connectivity index (χ0) is 16.7. The Labute approximate surface area is 134 Å². The number of esters is 1. The summed E-state index contributed by atoms with van der Waals surface area (Å²) in [5, 5.41) is 13.1. The number of carbonyl (C=O) groups excluding carboxylic acids is 2. The van der Waals surface area contributed by atoms with E-state index >= 15 is 0 Å². The van der Waals surface area contributed by atoms with Crippen LogP contribution in [0.15, 0.2) is 24.3 Å². The summed E-state index contributed by atoms with van der Waals surface area (Å²) in [6.07, 6.45) is 5.04. The van der Waals surface area contributed by atoms with E-state index in [1.165, 1.54) is 30.7 Å². The minimum Gasteiger partial charge on any atom is -0.460 e. The molecule has 0 saturated heterocycles. The summed E-state index contributed by atoms with van der Waals surface area (Å²) < 4.78 is 5.04. The number of nitrogens with zero attached hydrogens (tertiary/aromatic N) is 1. The molecule has 1 amide bonds. The molecule has 2 rings (SSSR count). The number of non-ortho nitro benzene ring substituents is 1. The minimum atomic E-state index is -0.521. The quantitative estimate of drug-likeness (QED) is 0.493. The average molecular weight is 320 g/mol. The highest BCUT2D eigenvalue weighted by molar-refractivity contribution is 5.83. The lowest BCUT2D eigenvalue weighted by atomic mass is 9.89. The number of rotatable bonds is 6. The summed E-state index contributed by atoms with van der Waals surface area (Å²) in [7, 11) is 0. The molecule has 1 fully saturated rings. The van der Waals surface area contributed by atoms with Crippen molar-refractivity contribution < 1.29 is 19.2 Å². The van der Waals surface area contributed by atoms with Gasteiger partial charge in [0.15, 0.2) is 0 Å². The van der Waals surface area contributed by atoms with Gasteiger partial charge in [0, 0.05) is 18.1 Å². The third-order valence-electron chi connectivity index (χ3n) is 3.93. The van der Waals surface area contributed by atoms with E-state index in [9.17, 15) is 19.7 Å². The summed E-state index contributed by atoms with van der Waals surface area (Å²) in [4.78, 5) is 33.6. The molecular formula is C16H20N2O5. The standard InChI is InChI=1S/C16H20N2O5/c19-15(10-17-16(20)13-4-2-1-3-5-13)23-11-12-6-8-14(9-7-12)18(21)22/h6-9,13H,1-5,10-11H2,(H,17,20). The Morgan fingerprint density at radius 1 is 1.17 bits per heavy atom. The van der Waals surface area contributed by atoms with E-state index in [0.29, 0.717) is 5.56 Å². The fourth-order valence-electron chi connectivity index (χ4n) is 2.60. The lowest BCUT2D eigenvalue weighted by Crippen LogP contribution is -2.36. The first-order chi connectivity index (χ1) is 11.1. The lowest BCUT2D eigenvalue weighted by Gasteiger charge is -2.20. The summed E-state index contributed by atoms with van der Waals surface area (Å²) in [6.45, 7) is -0.127. The first-order valence-corrected chi connectivity index (χ1v) is 7.73. The maximum atomic E-state index is 11.9. The molecule has 1 aliphatic carbocycles. The molecular weight excluding hydrogens is 300 g/mol. The largest absolute Gasteiger partial charge is 0.460 e. The van der Waals surface area contributed by atoms with Gasteiger partial charge in [0.2, 0.25) is 5.91 Å². The van der Waals surface area contributed by atoms with Gasteiger partial charge >= 0.3 is 5.97 Å². The van der Waals surface area contributed by atoms with Crippen LogP contribution in [0.3, 0.4) is 0 Å². The second-order valence-electron chi connectivity index (χ2n) is 5.64. The number of amides is 1. The monoisotopic (exact) mass is 320 g/mol. The van der Waals surface area contributed by atoms with E-state index in [2.05, 4.69) is 5.32 Å². The molecule has 1 aromatic rings. The molecule has 0 unspecified atom stereocenters. The molecule has 0 aromatic heterocycles. The van der Waals surface area contributed by atoms with Crippen molar-refractivity contribution in [2.45, 2.75) is 38.7 Å². The molecule has 1 N–H and O–H groups in total. The second-order valence-corrected chi connectivity index (χ2v) is 5.64. The number of nitrogens with one attached hydrogen (secondary N) is 1. The first-order valence-electron chi connectivity index (χ1n) is 7.73. The van der Waals surface area contributed by atoms with Crippen LogP contribution < -0.4 is 5.32 Å². The topological polar surface area (TPSA) is 98.5 Å². The Kier molecular flexibility index (Phi) is 6.08. The van der Waals surface area contributed by atoms with E-state index in [1.807, 2.05) is 0 Å². The zero-order valence-corrected chi connectivity index (χ0v) is 12.8. The van der Waals surface area contributed by atoms with Crippen molar-refractivity contribution in [1.29, 1.82) is 0 Å². The van der Waals surface area contributed by atoms with Gasteiger partial charge in [-0.05, 0) is 30.5 Å². The highest BCUT2D eigenvalue weighted by Crippen LogP contribution is 2.23. The SMILES string of the molecule is O=C(CNC(=O)C1CCCCC1)OCc1ccc([N+](=O)[O-])cc1. The van der Waals surface area contributed by atoms with Crippen LogP contribution in [0.1, 0.15) is 37.7 Å². The third kappa shape index (κ3) is 5.36. The molecule has 0 spiro atoms. The normalized spacial score (nSPS) is 15.0. The van der Waals surface area contributed by atoms with Crippen LogP contribution in [-0.2, 0) is 20.9 Å². The van der Waals surface area contributed by atoms with E-state index in [4.69, 9.17) is 4.74 Å². The van der Waals surface area contributed by atoms with Crippen molar-refractivity contribution in [3.63, 3.8) is 0 Å². The van der Waals surface area contributed by atoms with Gasteiger partial charge in [0.1, 0.15) is 13.2 Å². The van der Waals surface area contributed by atoms with E-state index in [0.717, 1.165) is 25.7 Å². The van der Waals surface area contributed by atoms with Crippen molar-refractivity contribution in [1.82, 2.24) is 5.32 Å². The molecule has 1 aromatic carbocycles. The second kappa shape index (κ2) is 8.26. The molecule has 1 aliphatic rings. The number of nitro benzene ring substituents is 1. The Morgan fingerprint density at radius 2 is 1.83 bits per heavy atom. The summed E-state index contributed by atoms with van der Waals surface area (Å²) >= 11 is 0. The van der Waals surface area contributed by atoms with Gasteiger partial charge in [0.05, 0.1) is 4.92 Å². The molecule has 7 nitrogen and oxygen atoms in total. The van der Waals surface area contributed by atoms with Gasteiger partial charge in [0.25, 0.3) is 5.69 Å². The highest BCUT2D eigenvalue weighted by Gasteiger charge is 2.21. The van der Waals surface area contributed by atoms with Gasteiger partial charge in [-0.3, -0.25) is 19.7 Å². The third-order valence-corrected chi connectivity index (χ3v) is 3.93. The van der Waals surface area contributed by atoms with E-state index in [1.54, 1.807) is 0 Å². The number of nitro groups is 1. The fourth-order valence-corrected chi connectivity index (χ4v) is 2.60. The fraction of sp³-hybridized carbons (Fsp3) is 0.500. The van der Waals surface area contributed by atoms with Gasteiger partial charge in [-0.1, -0.05) is 19.3 Å². The number of hydrogen-bond donors (Lipinski definition) is 1. The zero-order valence-electron chi connectivity index (χ0n) is 12.8. The molecule has 0 atom stereocenters. The molecule has 23 heavy (non-hydrogen) atoms.